The van der Waals surface area contributed by atoms with Gasteiger partial charge in [-0.1, -0.05) is 60.7 Å². The third-order valence-electron chi connectivity index (χ3n) is 4.28. The predicted octanol–water partition coefficient (Wildman–Crippen LogP) is 4.40. The summed E-state index contributed by atoms with van der Waals surface area (Å²) in [6, 6.07) is 23.0. The normalized spacial score (nSPS) is 21.0. The number of benzene rings is 2. The van der Waals surface area contributed by atoms with Crippen molar-refractivity contribution in [3.05, 3.63) is 71.8 Å². The first-order chi connectivity index (χ1) is 9.90. The number of nitrogens with one attached hydrogen (secondary N) is 1. The number of rotatable bonds is 5. The first-order valence-corrected chi connectivity index (χ1v) is 7.74. The molecule has 0 amide bonds. The molecule has 3 rings (SSSR count). The summed E-state index contributed by atoms with van der Waals surface area (Å²) in [6.07, 6.45) is 6.26. The fourth-order valence-corrected chi connectivity index (χ4v) is 3.18. The summed E-state index contributed by atoms with van der Waals surface area (Å²) in [6.45, 7) is 0. The molecular formula is C19H24ClN. The summed E-state index contributed by atoms with van der Waals surface area (Å²) in [7, 11) is 0. The topological polar surface area (TPSA) is 12.0 Å². The van der Waals surface area contributed by atoms with E-state index in [9.17, 15) is 0 Å². The van der Waals surface area contributed by atoms with E-state index < -0.39 is 0 Å². The molecule has 0 spiro atoms. The van der Waals surface area contributed by atoms with Crippen molar-refractivity contribution in [2.75, 3.05) is 0 Å². The molecule has 1 saturated heterocycles. The van der Waals surface area contributed by atoms with Crippen LogP contribution in [0.4, 0.5) is 0 Å². The third kappa shape index (κ3) is 4.87. The second-order valence-corrected chi connectivity index (χ2v) is 5.85. The summed E-state index contributed by atoms with van der Waals surface area (Å²) in [5.74, 6) is 0. The van der Waals surface area contributed by atoms with Crippen molar-refractivity contribution < 1.29 is 0 Å². The third-order valence-corrected chi connectivity index (χ3v) is 4.28. The van der Waals surface area contributed by atoms with E-state index in [1.807, 2.05) is 0 Å². The lowest BCUT2D eigenvalue weighted by atomic mass is 10.0. The van der Waals surface area contributed by atoms with Crippen LogP contribution in [0.25, 0.3) is 0 Å². The molecule has 1 aliphatic heterocycles. The predicted molar refractivity (Wildman–Crippen MR) is 92.1 cm³/mol. The SMILES string of the molecule is Cl.c1ccc(CC[C@@H]2CC[C@H](Cc3ccccc3)N2)cc1. The van der Waals surface area contributed by atoms with Gasteiger partial charge in [0, 0.05) is 12.1 Å². The van der Waals surface area contributed by atoms with Gasteiger partial charge in [0.05, 0.1) is 0 Å². The minimum Gasteiger partial charge on any atom is -0.311 e. The molecule has 1 N–H and O–H groups in total. The zero-order valence-electron chi connectivity index (χ0n) is 12.4. The maximum absolute atomic E-state index is 3.81. The highest BCUT2D eigenvalue weighted by Gasteiger charge is 2.23. The zero-order valence-corrected chi connectivity index (χ0v) is 13.2. The van der Waals surface area contributed by atoms with Gasteiger partial charge in [0.1, 0.15) is 0 Å². The lowest BCUT2D eigenvalue weighted by molar-refractivity contribution is 0.509. The lowest BCUT2D eigenvalue weighted by Crippen LogP contribution is -2.31. The molecule has 2 atom stereocenters. The molecule has 0 unspecified atom stereocenters. The molecule has 1 nitrogen and oxygen atoms in total. The number of hydrogen-bond donors (Lipinski definition) is 1. The Kier molecular flexibility index (Phi) is 6.28. The van der Waals surface area contributed by atoms with Crippen LogP contribution in [0.15, 0.2) is 60.7 Å². The summed E-state index contributed by atoms with van der Waals surface area (Å²) in [5.41, 5.74) is 2.91. The van der Waals surface area contributed by atoms with E-state index in [-0.39, 0.29) is 12.4 Å². The summed E-state index contributed by atoms with van der Waals surface area (Å²) in [4.78, 5) is 0. The van der Waals surface area contributed by atoms with Gasteiger partial charge in [-0.25, -0.2) is 0 Å². The molecule has 0 bridgehead atoms. The maximum atomic E-state index is 3.81. The van der Waals surface area contributed by atoms with E-state index in [1.165, 1.54) is 43.2 Å². The average Bonchev–Trinajstić information content (AvgIpc) is 2.95. The van der Waals surface area contributed by atoms with E-state index in [0.29, 0.717) is 12.1 Å². The van der Waals surface area contributed by atoms with E-state index in [0.717, 1.165) is 0 Å². The summed E-state index contributed by atoms with van der Waals surface area (Å²) < 4.78 is 0. The largest absolute Gasteiger partial charge is 0.311 e. The van der Waals surface area contributed by atoms with Crippen LogP contribution in [0.3, 0.4) is 0 Å². The van der Waals surface area contributed by atoms with Crippen LogP contribution in [0.1, 0.15) is 30.4 Å². The number of hydrogen-bond acceptors (Lipinski definition) is 1. The molecule has 1 fully saturated rings. The Morgan fingerprint density at radius 3 is 2.00 bits per heavy atom. The summed E-state index contributed by atoms with van der Waals surface area (Å²) in [5, 5.41) is 3.81. The highest BCUT2D eigenvalue weighted by Crippen LogP contribution is 2.20. The van der Waals surface area contributed by atoms with Gasteiger partial charge in [-0.05, 0) is 43.2 Å². The molecule has 2 aromatic carbocycles. The van der Waals surface area contributed by atoms with Gasteiger partial charge in [0.25, 0.3) is 0 Å². The van der Waals surface area contributed by atoms with Crippen molar-refractivity contribution in [1.82, 2.24) is 5.32 Å². The monoisotopic (exact) mass is 301 g/mol. The molecule has 112 valence electrons. The van der Waals surface area contributed by atoms with Crippen LogP contribution >= 0.6 is 12.4 Å². The van der Waals surface area contributed by atoms with Crippen molar-refractivity contribution in [3.8, 4) is 0 Å². The molecule has 0 radical (unpaired) electrons. The Balaban J connectivity index is 0.00000161. The molecular weight excluding hydrogens is 278 g/mol. The molecule has 0 aromatic heterocycles. The standard InChI is InChI=1S/C19H23N.ClH/c1-3-7-16(8-4-1)11-12-18-13-14-19(20-18)15-17-9-5-2-6-10-17;/h1-10,18-20H,11-15H2;1H/t18-,19-;/m1./s1. The van der Waals surface area contributed by atoms with E-state index in [4.69, 9.17) is 0 Å². The van der Waals surface area contributed by atoms with Gasteiger partial charge in [-0.15, -0.1) is 12.4 Å². The van der Waals surface area contributed by atoms with Gasteiger partial charge in [0.15, 0.2) is 0 Å². The Bertz CT molecular complexity index is 512. The number of aryl methyl sites for hydroxylation is 1. The van der Waals surface area contributed by atoms with Crippen molar-refractivity contribution in [2.24, 2.45) is 0 Å². The Hall–Kier alpha value is -1.31. The van der Waals surface area contributed by atoms with Crippen LogP contribution in [-0.4, -0.2) is 12.1 Å². The highest BCUT2D eigenvalue weighted by atomic mass is 35.5. The molecule has 2 heteroatoms. The van der Waals surface area contributed by atoms with Crippen LogP contribution in [0.5, 0.6) is 0 Å². The van der Waals surface area contributed by atoms with Gasteiger partial charge in [-0.2, -0.15) is 0 Å². The van der Waals surface area contributed by atoms with Crippen LogP contribution in [-0.2, 0) is 12.8 Å². The average molecular weight is 302 g/mol. The first-order valence-electron chi connectivity index (χ1n) is 7.74. The van der Waals surface area contributed by atoms with Crippen molar-refractivity contribution >= 4 is 12.4 Å². The minimum absolute atomic E-state index is 0. The van der Waals surface area contributed by atoms with E-state index in [2.05, 4.69) is 66.0 Å². The van der Waals surface area contributed by atoms with Gasteiger partial charge in [-0.3, -0.25) is 0 Å². The van der Waals surface area contributed by atoms with E-state index in [1.54, 1.807) is 0 Å². The van der Waals surface area contributed by atoms with Crippen molar-refractivity contribution in [1.29, 1.82) is 0 Å². The van der Waals surface area contributed by atoms with Crippen molar-refractivity contribution in [2.45, 2.75) is 44.2 Å². The Labute approximate surface area is 134 Å². The fourth-order valence-electron chi connectivity index (χ4n) is 3.18. The van der Waals surface area contributed by atoms with Crippen LogP contribution in [0, 0.1) is 0 Å². The molecule has 21 heavy (non-hydrogen) atoms. The second kappa shape index (κ2) is 8.21. The van der Waals surface area contributed by atoms with Gasteiger partial charge >= 0.3 is 0 Å². The fraction of sp³-hybridized carbons (Fsp3) is 0.368. The zero-order chi connectivity index (χ0) is 13.6. The first kappa shape index (κ1) is 16.1. The van der Waals surface area contributed by atoms with Gasteiger partial charge < -0.3 is 5.32 Å². The molecule has 1 heterocycles. The number of halogens is 1. The quantitative estimate of drug-likeness (QED) is 0.863. The van der Waals surface area contributed by atoms with E-state index >= 15 is 0 Å². The Morgan fingerprint density at radius 2 is 1.33 bits per heavy atom. The Morgan fingerprint density at radius 1 is 0.762 bits per heavy atom. The molecule has 2 aromatic rings. The minimum atomic E-state index is 0. The molecule has 0 aliphatic carbocycles. The molecule has 1 aliphatic rings. The second-order valence-electron chi connectivity index (χ2n) is 5.85. The van der Waals surface area contributed by atoms with Crippen LogP contribution in [0.2, 0.25) is 0 Å². The lowest BCUT2D eigenvalue weighted by Gasteiger charge is -2.14. The smallest absolute Gasteiger partial charge is 0.0111 e. The van der Waals surface area contributed by atoms with Crippen LogP contribution < -0.4 is 5.32 Å². The molecule has 0 saturated carbocycles. The van der Waals surface area contributed by atoms with Crippen molar-refractivity contribution in [3.63, 3.8) is 0 Å². The summed E-state index contributed by atoms with van der Waals surface area (Å²) >= 11 is 0. The van der Waals surface area contributed by atoms with Gasteiger partial charge in [0.2, 0.25) is 0 Å². The highest BCUT2D eigenvalue weighted by molar-refractivity contribution is 5.85. The maximum Gasteiger partial charge on any atom is 0.0111 e.